The van der Waals surface area contributed by atoms with Crippen LogP contribution in [-0.4, -0.2) is 12.5 Å². The molecule has 2 nitrogen and oxygen atoms in total. The average molecular weight is 524 g/mol. The van der Waals surface area contributed by atoms with Crippen molar-refractivity contribution in [1.29, 1.82) is 0 Å². The molecule has 0 heterocycles. The maximum absolute atomic E-state index is 12.1. The third-order valence-electron chi connectivity index (χ3n) is 8.00. The molecule has 0 fully saturated rings. The van der Waals surface area contributed by atoms with Crippen LogP contribution in [0.15, 0.2) is 58.7 Å². The Morgan fingerprint density at radius 2 is 1.42 bits per heavy atom. The molecule has 0 atom stereocenters. The van der Waals surface area contributed by atoms with Gasteiger partial charge in [0.2, 0.25) is 5.91 Å². The number of unbranched alkanes of at least 4 members (excludes halogenated alkanes) is 12. The summed E-state index contributed by atoms with van der Waals surface area (Å²) < 4.78 is 0. The maximum atomic E-state index is 12.1. The van der Waals surface area contributed by atoms with Gasteiger partial charge in [-0.15, -0.1) is 0 Å². The summed E-state index contributed by atoms with van der Waals surface area (Å²) in [6.07, 6.45) is 34.8. The number of hydrogen-bond donors (Lipinski definition) is 1. The van der Waals surface area contributed by atoms with Gasteiger partial charge in [0.25, 0.3) is 0 Å². The van der Waals surface area contributed by atoms with Gasteiger partial charge in [0.15, 0.2) is 0 Å². The molecule has 0 bridgehead atoms. The predicted molar refractivity (Wildman–Crippen MR) is 169 cm³/mol. The molecule has 2 heteroatoms. The van der Waals surface area contributed by atoms with Crippen LogP contribution in [0.5, 0.6) is 0 Å². The topological polar surface area (TPSA) is 29.1 Å². The van der Waals surface area contributed by atoms with E-state index >= 15 is 0 Å². The highest BCUT2D eigenvalue weighted by Crippen LogP contribution is 2.40. The molecule has 1 amide bonds. The Labute approximate surface area is 237 Å². The van der Waals surface area contributed by atoms with Crippen molar-refractivity contribution in [2.75, 3.05) is 6.54 Å². The summed E-state index contributed by atoms with van der Waals surface area (Å²) in [4.78, 5) is 12.1. The summed E-state index contributed by atoms with van der Waals surface area (Å²) in [5.74, 6) is 0.178. The van der Waals surface area contributed by atoms with E-state index in [4.69, 9.17) is 0 Å². The van der Waals surface area contributed by atoms with E-state index in [1.807, 2.05) is 0 Å². The highest BCUT2D eigenvalue weighted by Gasteiger charge is 2.26. The van der Waals surface area contributed by atoms with Gasteiger partial charge in [-0.25, -0.2) is 0 Å². The normalized spacial score (nSPS) is 16.7. The van der Waals surface area contributed by atoms with E-state index in [9.17, 15) is 4.79 Å². The summed E-state index contributed by atoms with van der Waals surface area (Å²) in [7, 11) is 0. The van der Waals surface area contributed by atoms with Crippen LogP contribution < -0.4 is 5.32 Å². The number of hydrogen-bond acceptors (Lipinski definition) is 1. The first-order chi connectivity index (χ1) is 18.3. The molecule has 1 aliphatic carbocycles. The second-order valence-corrected chi connectivity index (χ2v) is 12.3. The van der Waals surface area contributed by atoms with E-state index in [0.717, 1.165) is 6.42 Å². The lowest BCUT2D eigenvalue weighted by Crippen LogP contribution is -2.22. The Bertz CT molecular complexity index is 805. The SMILES string of the molecule is CCCCCCCCCCCCCCCC(=O)NC/C=C(C)/C=C/C=C(C)/C=C/C1=C(C)CCCC1(C)C. The van der Waals surface area contributed by atoms with Crippen molar-refractivity contribution in [2.45, 2.75) is 151 Å². The van der Waals surface area contributed by atoms with Gasteiger partial charge in [-0.1, -0.05) is 151 Å². The Kier molecular flexibility index (Phi) is 18.9. The number of allylic oxidation sites excluding steroid dienone is 9. The zero-order chi connectivity index (χ0) is 28.1. The van der Waals surface area contributed by atoms with Crippen molar-refractivity contribution < 1.29 is 4.79 Å². The van der Waals surface area contributed by atoms with E-state index in [-0.39, 0.29) is 11.3 Å². The van der Waals surface area contributed by atoms with Crippen LogP contribution in [0.1, 0.15) is 151 Å². The molecule has 38 heavy (non-hydrogen) atoms. The minimum absolute atomic E-state index is 0.178. The molecule has 0 saturated heterocycles. The lowest BCUT2D eigenvalue weighted by Gasteiger charge is -2.32. The largest absolute Gasteiger partial charge is 0.353 e. The summed E-state index contributed by atoms with van der Waals surface area (Å²) in [6.45, 7) is 14.1. The van der Waals surface area contributed by atoms with Crippen LogP contribution in [0, 0.1) is 5.41 Å². The zero-order valence-corrected chi connectivity index (χ0v) is 26.1. The second kappa shape index (κ2) is 21.0. The number of rotatable bonds is 20. The fourth-order valence-electron chi connectivity index (χ4n) is 5.42. The van der Waals surface area contributed by atoms with Crippen LogP contribution >= 0.6 is 0 Å². The van der Waals surface area contributed by atoms with Gasteiger partial charge in [0.1, 0.15) is 0 Å². The Balaban J connectivity index is 2.13. The van der Waals surface area contributed by atoms with Gasteiger partial charge in [0.05, 0.1) is 0 Å². The third kappa shape index (κ3) is 16.9. The summed E-state index contributed by atoms with van der Waals surface area (Å²) in [6, 6.07) is 0. The first-order valence-electron chi connectivity index (χ1n) is 15.9. The molecule has 216 valence electrons. The first kappa shape index (κ1) is 34.2. The van der Waals surface area contributed by atoms with Crippen molar-refractivity contribution in [2.24, 2.45) is 5.41 Å². The van der Waals surface area contributed by atoms with Crippen molar-refractivity contribution in [1.82, 2.24) is 5.32 Å². The van der Waals surface area contributed by atoms with Crippen molar-refractivity contribution in [3.05, 3.63) is 58.7 Å². The standard InChI is InChI=1S/C36H61NO/c1-7-8-9-10-11-12-13-14-15-16-17-18-19-25-35(38)37-30-28-32(3)23-20-22-31(2)26-27-34-33(4)24-21-29-36(34,5)6/h20,22-23,26-28H,7-19,21,24-25,29-30H2,1-6H3,(H,37,38)/b23-20+,27-26+,31-22+,32-28+. The molecule has 0 unspecified atom stereocenters. The van der Waals surface area contributed by atoms with Gasteiger partial charge >= 0.3 is 0 Å². The molecule has 0 radical (unpaired) electrons. The maximum Gasteiger partial charge on any atom is 0.220 e. The molecule has 1 N–H and O–H groups in total. The molecular formula is C36H61NO. The quantitative estimate of drug-likeness (QED) is 0.125. The molecule has 0 aliphatic heterocycles. The van der Waals surface area contributed by atoms with Crippen LogP contribution in [0.2, 0.25) is 0 Å². The van der Waals surface area contributed by atoms with Crippen LogP contribution in [0.3, 0.4) is 0 Å². The van der Waals surface area contributed by atoms with E-state index in [2.05, 4.69) is 83.3 Å². The lowest BCUT2D eigenvalue weighted by atomic mass is 9.72. The Morgan fingerprint density at radius 3 is 2.00 bits per heavy atom. The van der Waals surface area contributed by atoms with Crippen molar-refractivity contribution >= 4 is 5.91 Å². The van der Waals surface area contributed by atoms with Gasteiger partial charge in [-0.2, -0.15) is 0 Å². The van der Waals surface area contributed by atoms with Crippen molar-refractivity contribution in [3.63, 3.8) is 0 Å². The lowest BCUT2D eigenvalue weighted by molar-refractivity contribution is -0.121. The molecule has 1 aliphatic rings. The third-order valence-corrected chi connectivity index (χ3v) is 8.00. The molecule has 0 aromatic carbocycles. The molecule has 1 rings (SSSR count). The van der Waals surface area contributed by atoms with E-state index in [1.165, 1.54) is 119 Å². The number of nitrogens with one attached hydrogen (secondary N) is 1. The van der Waals surface area contributed by atoms with Crippen LogP contribution in [0.25, 0.3) is 0 Å². The summed E-state index contributed by atoms with van der Waals surface area (Å²) in [5.41, 5.74) is 5.75. The highest BCUT2D eigenvalue weighted by atomic mass is 16.1. The minimum atomic E-state index is 0.178. The summed E-state index contributed by atoms with van der Waals surface area (Å²) >= 11 is 0. The van der Waals surface area contributed by atoms with Gasteiger partial charge in [0, 0.05) is 13.0 Å². The summed E-state index contributed by atoms with van der Waals surface area (Å²) in [5, 5.41) is 3.04. The highest BCUT2D eigenvalue weighted by molar-refractivity contribution is 5.75. The second-order valence-electron chi connectivity index (χ2n) is 12.3. The van der Waals surface area contributed by atoms with Gasteiger partial charge in [-0.3, -0.25) is 4.79 Å². The monoisotopic (exact) mass is 523 g/mol. The fourth-order valence-corrected chi connectivity index (χ4v) is 5.42. The van der Waals surface area contributed by atoms with Gasteiger partial charge in [-0.05, 0) is 57.4 Å². The fraction of sp³-hybridized carbons (Fsp3) is 0.694. The average Bonchev–Trinajstić information content (AvgIpc) is 2.86. The molecule has 0 aromatic rings. The van der Waals surface area contributed by atoms with E-state index in [1.54, 1.807) is 0 Å². The van der Waals surface area contributed by atoms with Crippen molar-refractivity contribution in [3.8, 4) is 0 Å². The predicted octanol–water partition coefficient (Wildman–Crippen LogP) is 11.1. The molecule has 0 aromatic heterocycles. The van der Waals surface area contributed by atoms with Crippen LogP contribution in [-0.2, 0) is 4.79 Å². The van der Waals surface area contributed by atoms with E-state index < -0.39 is 0 Å². The smallest absolute Gasteiger partial charge is 0.220 e. The molecular weight excluding hydrogens is 462 g/mol. The molecule has 0 saturated carbocycles. The Hall–Kier alpha value is -1.83. The van der Waals surface area contributed by atoms with Gasteiger partial charge < -0.3 is 5.32 Å². The number of amides is 1. The van der Waals surface area contributed by atoms with Crippen LogP contribution in [0.4, 0.5) is 0 Å². The Morgan fingerprint density at radius 1 is 0.842 bits per heavy atom. The number of carbonyl (C=O) groups is 1. The molecule has 0 spiro atoms. The minimum Gasteiger partial charge on any atom is -0.353 e. The van der Waals surface area contributed by atoms with E-state index in [0.29, 0.717) is 13.0 Å². The number of carbonyl (C=O) groups excluding carboxylic acids is 1. The first-order valence-corrected chi connectivity index (χ1v) is 15.9. The zero-order valence-electron chi connectivity index (χ0n) is 26.1.